The SMILES string of the molecule is CC(C)[I+](F)(F)(F)(F)c1ccccc1F.O=S(=O)([O-])C(F)(F)F. The summed E-state index contributed by atoms with van der Waals surface area (Å²) in [5.74, 6) is -1.54. The van der Waals surface area contributed by atoms with Crippen LogP contribution >= 0.6 is 0 Å². The summed E-state index contributed by atoms with van der Waals surface area (Å²) in [5.41, 5.74) is -5.65. The summed E-state index contributed by atoms with van der Waals surface area (Å²) in [6.45, 7) is 1.43. The molecule has 0 aromatic heterocycles. The van der Waals surface area contributed by atoms with Gasteiger partial charge in [-0.1, -0.05) is 0 Å². The monoisotopic (exact) mass is 490 g/mol. The van der Waals surface area contributed by atoms with E-state index in [2.05, 4.69) is 0 Å². The topological polar surface area (TPSA) is 57.2 Å². The molecule has 0 spiro atoms. The van der Waals surface area contributed by atoms with Crippen LogP contribution < -0.4 is 18.0 Å². The molecule has 13 heteroatoms. The van der Waals surface area contributed by atoms with Gasteiger partial charge < -0.3 is 4.55 Å². The van der Waals surface area contributed by atoms with Gasteiger partial charge in [0.05, 0.1) is 0 Å². The van der Waals surface area contributed by atoms with Crippen molar-refractivity contribution < 1.29 is 59.9 Å². The molecule has 23 heavy (non-hydrogen) atoms. The van der Waals surface area contributed by atoms with Crippen LogP contribution in [0.2, 0.25) is 0 Å². The standard InChI is InChI=1S/C9H11F5I.CHF3O3S/c1-7(2)15(11,12,13,14)9-6-4-3-5-8(9)10;2-1(3,4)8(5,6)7/h3-7H,1-2H3;(H,5,6,7)/q+1;/p-1. The first-order valence-corrected chi connectivity index (χ1v) is 12.4. The molecule has 0 saturated heterocycles. The van der Waals surface area contributed by atoms with Crippen molar-refractivity contribution in [2.45, 2.75) is 23.3 Å². The molecule has 0 atom stereocenters. The van der Waals surface area contributed by atoms with E-state index in [4.69, 9.17) is 13.0 Å². The molecule has 0 aliphatic heterocycles. The van der Waals surface area contributed by atoms with Crippen molar-refractivity contribution in [1.82, 2.24) is 0 Å². The Hall–Kier alpha value is -0.700. The van der Waals surface area contributed by atoms with E-state index in [0.29, 0.717) is 12.1 Å². The minimum atomic E-state index is -9.31. The van der Waals surface area contributed by atoms with Gasteiger partial charge in [0, 0.05) is 0 Å². The summed E-state index contributed by atoms with van der Waals surface area (Å²) in [6, 6.07) is 3.18. The molecule has 138 valence electrons. The zero-order valence-corrected chi connectivity index (χ0v) is 14.4. The van der Waals surface area contributed by atoms with E-state index in [1.807, 2.05) is 0 Å². The Labute approximate surface area is 127 Å². The van der Waals surface area contributed by atoms with Crippen molar-refractivity contribution in [3.63, 3.8) is 0 Å². The molecule has 0 amide bonds. The van der Waals surface area contributed by atoms with Crippen LogP contribution in [-0.2, 0) is 10.1 Å². The van der Waals surface area contributed by atoms with Crippen LogP contribution in [0.3, 0.4) is 0 Å². The van der Waals surface area contributed by atoms with Crippen molar-refractivity contribution in [2.24, 2.45) is 0 Å². The molecule has 3 nitrogen and oxygen atoms in total. The molecular formula is C10H11F8IO3S. The van der Waals surface area contributed by atoms with E-state index in [-0.39, 0.29) is 0 Å². The van der Waals surface area contributed by atoms with Gasteiger partial charge in [-0.3, -0.25) is 0 Å². The summed E-state index contributed by atoms with van der Waals surface area (Å²) in [5, 5.41) is 0. The Morgan fingerprint density at radius 1 is 1.04 bits per heavy atom. The van der Waals surface area contributed by atoms with Crippen LogP contribution in [0.5, 0.6) is 0 Å². The summed E-state index contributed by atoms with van der Waals surface area (Å²) in [4.78, 5) is 0. The first kappa shape index (κ1) is 22.3. The van der Waals surface area contributed by atoms with Crippen LogP contribution in [0, 0.1) is 9.39 Å². The van der Waals surface area contributed by atoms with Crippen molar-refractivity contribution >= 4 is 10.1 Å². The second kappa shape index (κ2) is 5.68. The normalized spacial score (nSPS) is 16.2. The third kappa shape index (κ3) is 5.14. The molecule has 1 aromatic rings. The number of alkyl halides is 4. The molecule has 0 saturated carbocycles. The van der Waals surface area contributed by atoms with Crippen molar-refractivity contribution in [1.29, 1.82) is 0 Å². The zero-order valence-electron chi connectivity index (χ0n) is 11.4. The minimum absolute atomic E-state index is 0.470. The molecule has 0 heterocycles. The van der Waals surface area contributed by atoms with Gasteiger partial charge in [0.15, 0.2) is 10.1 Å². The van der Waals surface area contributed by atoms with E-state index < -0.39 is 46.9 Å². The van der Waals surface area contributed by atoms with Crippen LogP contribution in [-0.4, -0.2) is 22.4 Å². The van der Waals surface area contributed by atoms with Gasteiger partial charge in [0.1, 0.15) is 0 Å². The Morgan fingerprint density at radius 2 is 1.39 bits per heavy atom. The molecular weight excluding hydrogens is 479 g/mol. The van der Waals surface area contributed by atoms with Gasteiger partial charge in [-0.25, -0.2) is 8.42 Å². The summed E-state index contributed by atoms with van der Waals surface area (Å²) < 4.78 is 122. The second-order valence-corrected chi connectivity index (χ2v) is 15.4. The maximum Gasteiger partial charge on any atom is 0.485 e. The minimum Gasteiger partial charge on any atom is -0.741 e. The number of rotatable bonds is 2. The van der Waals surface area contributed by atoms with E-state index in [1.54, 1.807) is 0 Å². The Bertz CT molecular complexity index is 677. The maximum absolute atomic E-state index is 13.5. The Kier molecular flexibility index (Phi) is 5.51. The number of hydrogen-bond donors (Lipinski definition) is 0. The van der Waals surface area contributed by atoms with Gasteiger partial charge in [0.2, 0.25) is 0 Å². The average Bonchev–Trinajstić information content (AvgIpc) is 2.25. The van der Waals surface area contributed by atoms with Crippen LogP contribution in [0.25, 0.3) is 0 Å². The smallest absolute Gasteiger partial charge is 0.485 e. The molecule has 0 fully saturated rings. The molecule has 0 N–H and O–H groups in total. The Morgan fingerprint density at radius 3 is 1.65 bits per heavy atom. The third-order valence-electron chi connectivity index (χ3n) is 2.41. The average molecular weight is 490 g/mol. The number of halogens is 9. The zero-order chi connectivity index (χ0) is 19.0. The fourth-order valence-corrected chi connectivity index (χ4v) is 4.55. The fraction of sp³-hybridized carbons (Fsp3) is 0.400. The van der Waals surface area contributed by atoms with Crippen molar-refractivity contribution in [2.75, 3.05) is 0 Å². The van der Waals surface area contributed by atoms with Gasteiger partial charge in [-0.15, -0.1) is 0 Å². The molecule has 0 aliphatic rings. The van der Waals surface area contributed by atoms with E-state index in [9.17, 15) is 29.0 Å². The van der Waals surface area contributed by atoms with Gasteiger partial charge >= 0.3 is 90.7 Å². The van der Waals surface area contributed by atoms with E-state index >= 15 is 0 Å². The molecule has 0 unspecified atom stereocenters. The summed E-state index contributed by atoms with van der Waals surface area (Å²) >= 11 is -9.31. The van der Waals surface area contributed by atoms with E-state index in [0.717, 1.165) is 26.0 Å². The van der Waals surface area contributed by atoms with Crippen LogP contribution in [0.15, 0.2) is 24.3 Å². The first-order chi connectivity index (χ1) is 9.74. The maximum atomic E-state index is 13.5. The second-order valence-electron chi connectivity index (χ2n) is 4.38. The van der Waals surface area contributed by atoms with Gasteiger partial charge in [-0.05, 0) is 0 Å². The molecule has 1 aromatic carbocycles. The molecule has 0 aliphatic carbocycles. The Balaban J connectivity index is 0.000000515. The molecule has 0 radical (unpaired) electrons. The van der Waals surface area contributed by atoms with Gasteiger partial charge in [0.25, 0.3) is 0 Å². The number of hydrogen-bond acceptors (Lipinski definition) is 3. The van der Waals surface area contributed by atoms with Crippen molar-refractivity contribution in [3.05, 3.63) is 33.7 Å². The summed E-state index contributed by atoms with van der Waals surface area (Å²) in [6.07, 6.45) is 0. The van der Waals surface area contributed by atoms with Gasteiger partial charge in [-0.2, -0.15) is 13.2 Å². The predicted molar refractivity (Wildman–Crippen MR) is 60.4 cm³/mol. The van der Waals surface area contributed by atoms with E-state index in [1.165, 1.54) is 0 Å². The largest absolute Gasteiger partial charge is 0.741 e. The third-order valence-corrected chi connectivity index (χ3v) is 11.3. The molecule has 0 bridgehead atoms. The number of benzene rings is 1. The van der Waals surface area contributed by atoms with Crippen LogP contribution in [0.4, 0.5) is 29.0 Å². The quantitative estimate of drug-likeness (QED) is 0.206. The predicted octanol–water partition coefficient (Wildman–Crippen LogP) is 1.22. The van der Waals surface area contributed by atoms with Crippen molar-refractivity contribution in [3.8, 4) is 0 Å². The fourth-order valence-electron chi connectivity index (χ4n) is 0.995. The van der Waals surface area contributed by atoms with Crippen LogP contribution in [0.1, 0.15) is 13.8 Å². The molecule has 1 rings (SSSR count). The summed E-state index contributed by atoms with van der Waals surface area (Å²) in [7, 11) is -6.09. The first-order valence-electron chi connectivity index (χ1n) is 5.42.